The molecule has 1 heterocycles. The molecule has 0 radical (unpaired) electrons. The normalized spacial score (nSPS) is 11.3. The van der Waals surface area contributed by atoms with Crippen molar-refractivity contribution in [2.24, 2.45) is 4.99 Å². The number of nitrogens with one attached hydrogen (secondary N) is 3. The molecular formula is C21H26N6O. The number of benzene rings is 2. The van der Waals surface area contributed by atoms with Gasteiger partial charge in [0, 0.05) is 19.2 Å². The summed E-state index contributed by atoms with van der Waals surface area (Å²) < 4.78 is 5.17. The summed E-state index contributed by atoms with van der Waals surface area (Å²) in [5.41, 5.74) is 2.28. The van der Waals surface area contributed by atoms with E-state index in [1.807, 2.05) is 30.3 Å². The van der Waals surface area contributed by atoms with E-state index >= 15 is 0 Å². The van der Waals surface area contributed by atoms with Crippen LogP contribution >= 0.6 is 0 Å². The number of aryl methyl sites for hydroxylation is 1. The lowest BCUT2D eigenvalue weighted by atomic mass is 10.1. The largest absolute Gasteiger partial charge is 0.497 e. The summed E-state index contributed by atoms with van der Waals surface area (Å²) in [6, 6.07) is 18.1. The van der Waals surface area contributed by atoms with Gasteiger partial charge in [0.2, 0.25) is 0 Å². The van der Waals surface area contributed by atoms with Crippen LogP contribution in [0.5, 0.6) is 5.75 Å². The van der Waals surface area contributed by atoms with Gasteiger partial charge in [-0.2, -0.15) is 5.10 Å². The topological polar surface area (TPSA) is 87.2 Å². The van der Waals surface area contributed by atoms with Crippen molar-refractivity contribution in [3.63, 3.8) is 0 Å². The highest BCUT2D eigenvalue weighted by Crippen LogP contribution is 2.18. The van der Waals surface area contributed by atoms with Gasteiger partial charge in [-0.3, -0.25) is 10.1 Å². The molecule has 0 unspecified atom stereocenters. The fraction of sp³-hybridized carbons (Fsp3) is 0.286. The molecule has 0 atom stereocenters. The van der Waals surface area contributed by atoms with E-state index < -0.39 is 0 Å². The lowest BCUT2D eigenvalue weighted by Crippen LogP contribution is -2.37. The Balaban J connectivity index is 1.44. The predicted octanol–water partition coefficient (Wildman–Crippen LogP) is 2.78. The quantitative estimate of drug-likeness (QED) is 0.319. The molecule has 0 bridgehead atoms. The molecular weight excluding hydrogens is 352 g/mol. The minimum Gasteiger partial charge on any atom is -0.497 e. The SMILES string of the molecule is CN=C(NCCCc1ccccc1)NCc1nc(-c2ccc(OC)cc2)n[nH]1. The molecule has 3 N–H and O–H groups in total. The van der Waals surface area contributed by atoms with Gasteiger partial charge in [-0.15, -0.1) is 0 Å². The van der Waals surface area contributed by atoms with E-state index in [0.717, 1.165) is 42.5 Å². The lowest BCUT2D eigenvalue weighted by Gasteiger charge is -2.10. The van der Waals surface area contributed by atoms with Gasteiger partial charge in [-0.05, 0) is 42.7 Å². The molecule has 2 aromatic carbocycles. The Hall–Kier alpha value is -3.35. The molecule has 0 saturated heterocycles. The van der Waals surface area contributed by atoms with E-state index in [9.17, 15) is 0 Å². The predicted molar refractivity (Wildman–Crippen MR) is 111 cm³/mol. The van der Waals surface area contributed by atoms with Gasteiger partial charge in [-0.1, -0.05) is 30.3 Å². The standard InChI is InChI=1S/C21H26N6O/c1-22-21(23-14-6-9-16-7-4-3-5-8-16)24-15-19-25-20(27-26-19)17-10-12-18(28-2)13-11-17/h3-5,7-8,10-13H,6,9,14-15H2,1-2H3,(H2,22,23,24)(H,25,26,27). The first-order valence-corrected chi connectivity index (χ1v) is 9.32. The van der Waals surface area contributed by atoms with E-state index in [1.54, 1.807) is 14.2 Å². The average Bonchev–Trinajstić information content (AvgIpc) is 3.23. The Labute approximate surface area is 165 Å². The van der Waals surface area contributed by atoms with Gasteiger partial charge in [0.1, 0.15) is 11.6 Å². The molecule has 0 fully saturated rings. The number of hydrogen-bond donors (Lipinski definition) is 3. The Bertz CT molecular complexity index is 873. The van der Waals surface area contributed by atoms with Crippen LogP contribution in [-0.4, -0.2) is 41.8 Å². The van der Waals surface area contributed by atoms with Crippen LogP contribution in [0.15, 0.2) is 59.6 Å². The highest BCUT2D eigenvalue weighted by atomic mass is 16.5. The number of rotatable bonds is 8. The number of aromatic amines is 1. The zero-order valence-electron chi connectivity index (χ0n) is 16.3. The first kappa shape index (κ1) is 19.4. The summed E-state index contributed by atoms with van der Waals surface area (Å²) in [7, 11) is 3.41. The molecule has 1 aromatic heterocycles. The Morgan fingerprint density at radius 2 is 1.86 bits per heavy atom. The van der Waals surface area contributed by atoms with Crippen molar-refractivity contribution in [1.82, 2.24) is 25.8 Å². The minimum atomic E-state index is 0.515. The molecule has 0 saturated carbocycles. The van der Waals surface area contributed by atoms with Crippen LogP contribution in [0.25, 0.3) is 11.4 Å². The summed E-state index contributed by atoms with van der Waals surface area (Å²) >= 11 is 0. The molecule has 0 aliphatic carbocycles. The third kappa shape index (κ3) is 5.57. The van der Waals surface area contributed by atoms with Crippen molar-refractivity contribution in [1.29, 1.82) is 0 Å². The number of ether oxygens (including phenoxy) is 1. The average molecular weight is 378 g/mol. The third-order valence-corrected chi connectivity index (χ3v) is 4.30. The summed E-state index contributed by atoms with van der Waals surface area (Å²) in [6.45, 7) is 1.36. The molecule has 7 heteroatoms. The van der Waals surface area contributed by atoms with Crippen molar-refractivity contribution in [3.05, 3.63) is 66.0 Å². The fourth-order valence-electron chi connectivity index (χ4n) is 2.78. The molecule has 146 valence electrons. The van der Waals surface area contributed by atoms with Gasteiger partial charge in [0.15, 0.2) is 11.8 Å². The molecule has 7 nitrogen and oxygen atoms in total. The van der Waals surface area contributed by atoms with Crippen molar-refractivity contribution >= 4 is 5.96 Å². The number of aromatic nitrogens is 3. The monoisotopic (exact) mass is 378 g/mol. The number of methoxy groups -OCH3 is 1. The smallest absolute Gasteiger partial charge is 0.191 e. The van der Waals surface area contributed by atoms with E-state index in [0.29, 0.717) is 12.4 Å². The summed E-state index contributed by atoms with van der Waals surface area (Å²) in [5, 5.41) is 13.8. The second-order valence-electron chi connectivity index (χ2n) is 6.28. The summed E-state index contributed by atoms with van der Waals surface area (Å²) in [6.07, 6.45) is 2.08. The third-order valence-electron chi connectivity index (χ3n) is 4.30. The lowest BCUT2D eigenvalue weighted by molar-refractivity contribution is 0.415. The highest BCUT2D eigenvalue weighted by molar-refractivity contribution is 5.79. The van der Waals surface area contributed by atoms with Crippen LogP contribution in [0.2, 0.25) is 0 Å². The molecule has 0 aliphatic rings. The molecule has 3 rings (SSSR count). The summed E-state index contributed by atoms with van der Waals surface area (Å²) in [4.78, 5) is 8.78. The second-order valence-corrected chi connectivity index (χ2v) is 6.28. The Morgan fingerprint density at radius 1 is 1.07 bits per heavy atom. The minimum absolute atomic E-state index is 0.515. The van der Waals surface area contributed by atoms with Crippen molar-refractivity contribution in [2.45, 2.75) is 19.4 Å². The van der Waals surface area contributed by atoms with Crippen LogP contribution in [0.3, 0.4) is 0 Å². The van der Waals surface area contributed by atoms with Gasteiger partial charge >= 0.3 is 0 Å². The van der Waals surface area contributed by atoms with Crippen LogP contribution in [-0.2, 0) is 13.0 Å². The maximum absolute atomic E-state index is 5.17. The van der Waals surface area contributed by atoms with E-state index in [2.05, 4.69) is 55.1 Å². The number of H-pyrrole nitrogens is 1. The van der Waals surface area contributed by atoms with Gasteiger partial charge in [-0.25, -0.2) is 4.98 Å². The van der Waals surface area contributed by atoms with E-state index in [1.165, 1.54) is 5.56 Å². The van der Waals surface area contributed by atoms with Crippen LogP contribution in [0.4, 0.5) is 0 Å². The second kappa shape index (κ2) is 10.1. The highest BCUT2D eigenvalue weighted by Gasteiger charge is 2.07. The maximum atomic E-state index is 5.17. The molecule has 0 spiro atoms. The number of nitrogens with zero attached hydrogens (tertiary/aromatic N) is 3. The molecule has 0 aliphatic heterocycles. The number of aliphatic imine (C=N–C) groups is 1. The van der Waals surface area contributed by atoms with Crippen molar-refractivity contribution in [3.8, 4) is 17.1 Å². The molecule has 3 aromatic rings. The molecule has 0 amide bonds. The molecule has 28 heavy (non-hydrogen) atoms. The van der Waals surface area contributed by atoms with Crippen molar-refractivity contribution < 1.29 is 4.74 Å². The number of hydrogen-bond acceptors (Lipinski definition) is 4. The van der Waals surface area contributed by atoms with Crippen LogP contribution < -0.4 is 15.4 Å². The van der Waals surface area contributed by atoms with Gasteiger partial charge in [0.25, 0.3) is 0 Å². The van der Waals surface area contributed by atoms with Crippen molar-refractivity contribution in [2.75, 3.05) is 20.7 Å². The first-order chi connectivity index (χ1) is 13.8. The van der Waals surface area contributed by atoms with Gasteiger partial charge < -0.3 is 15.4 Å². The zero-order chi connectivity index (χ0) is 19.6. The van der Waals surface area contributed by atoms with E-state index in [4.69, 9.17) is 4.74 Å². The first-order valence-electron chi connectivity index (χ1n) is 9.32. The van der Waals surface area contributed by atoms with Crippen LogP contribution in [0, 0.1) is 0 Å². The Kier molecular flexibility index (Phi) is 7.01. The number of guanidine groups is 1. The van der Waals surface area contributed by atoms with Crippen LogP contribution in [0.1, 0.15) is 17.8 Å². The van der Waals surface area contributed by atoms with E-state index in [-0.39, 0.29) is 0 Å². The van der Waals surface area contributed by atoms with Gasteiger partial charge in [0.05, 0.1) is 13.7 Å². The fourth-order valence-corrected chi connectivity index (χ4v) is 2.78. The zero-order valence-corrected chi connectivity index (χ0v) is 16.3. The summed E-state index contributed by atoms with van der Waals surface area (Å²) in [5.74, 6) is 2.96. The maximum Gasteiger partial charge on any atom is 0.191 e. The Morgan fingerprint density at radius 3 is 2.57 bits per heavy atom.